The number of carbonyl (C=O) groups excluding carboxylic acids is 1. The van der Waals surface area contributed by atoms with Crippen LogP contribution in [-0.2, 0) is 4.74 Å². The Morgan fingerprint density at radius 1 is 1.18 bits per heavy atom. The molecule has 6 heteroatoms. The molecular formula is C22H30N3O3+. The third-order valence-corrected chi connectivity index (χ3v) is 5.24. The molecule has 150 valence electrons. The molecule has 1 aliphatic rings. The lowest BCUT2D eigenvalue weighted by Crippen LogP contribution is -3.15. The van der Waals surface area contributed by atoms with Gasteiger partial charge in [0, 0.05) is 30.9 Å². The summed E-state index contributed by atoms with van der Waals surface area (Å²) in [5.74, 6) is 0.601. The number of benzene rings is 2. The molecule has 1 aliphatic heterocycles. The smallest absolute Gasteiger partial charge is 0.251 e. The van der Waals surface area contributed by atoms with Gasteiger partial charge in [0.2, 0.25) is 0 Å². The lowest BCUT2D eigenvalue weighted by Gasteiger charge is -2.32. The highest BCUT2D eigenvalue weighted by molar-refractivity contribution is 5.94. The minimum absolute atomic E-state index is 0.0820. The summed E-state index contributed by atoms with van der Waals surface area (Å²) in [4.78, 5) is 16.2. The van der Waals surface area contributed by atoms with Crippen molar-refractivity contribution in [3.63, 3.8) is 0 Å². The number of nitrogens with zero attached hydrogens (tertiary/aromatic N) is 1. The average Bonchev–Trinajstić information content (AvgIpc) is 2.75. The van der Waals surface area contributed by atoms with E-state index >= 15 is 0 Å². The third-order valence-electron chi connectivity index (χ3n) is 5.24. The van der Waals surface area contributed by atoms with Crippen molar-refractivity contribution >= 4 is 11.6 Å². The predicted molar refractivity (Wildman–Crippen MR) is 110 cm³/mol. The molecule has 0 spiro atoms. The van der Waals surface area contributed by atoms with Crippen LogP contribution in [-0.4, -0.2) is 60.0 Å². The molecule has 6 nitrogen and oxygen atoms in total. The number of hydrogen-bond acceptors (Lipinski definition) is 4. The van der Waals surface area contributed by atoms with Crippen LogP contribution in [0, 0.1) is 0 Å². The van der Waals surface area contributed by atoms with Crippen LogP contribution in [0.4, 0.5) is 5.69 Å². The first-order valence-electron chi connectivity index (χ1n) is 9.70. The van der Waals surface area contributed by atoms with Crippen molar-refractivity contribution < 1.29 is 19.2 Å². The van der Waals surface area contributed by atoms with E-state index in [2.05, 4.69) is 34.5 Å². The van der Waals surface area contributed by atoms with E-state index in [0.717, 1.165) is 26.3 Å². The Morgan fingerprint density at radius 3 is 2.54 bits per heavy atom. The lowest BCUT2D eigenvalue weighted by atomic mass is 10.0. The summed E-state index contributed by atoms with van der Waals surface area (Å²) in [6.07, 6.45) is 0. The van der Waals surface area contributed by atoms with Gasteiger partial charge in [-0.2, -0.15) is 0 Å². The number of carbonyl (C=O) groups is 1. The van der Waals surface area contributed by atoms with Gasteiger partial charge in [-0.05, 0) is 30.3 Å². The zero-order valence-electron chi connectivity index (χ0n) is 16.9. The van der Waals surface area contributed by atoms with Gasteiger partial charge in [0.25, 0.3) is 5.91 Å². The van der Waals surface area contributed by atoms with E-state index in [1.165, 1.54) is 16.2 Å². The van der Waals surface area contributed by atoms with Gasteiger partial charge in [0.05, 0.1) is 26.9 Å². The monoisotopic (exact) mass is 384 g/mol. The molecule has 1 amide bonds. The van der Waals surface area contributed by atoms with Gasteiger partial charge >= 0.3 is 0 Å². The van der Waals surface area contributed by atoms with Crippen LogP contribution in [0.3, 0.4) is 0 Å². The second kappa shape index (κ2) is 9.57. The Morgan fingerprint density at radius 2 is 1.89 bits per heavy atom. The lowest BCUT2D eigenvalue weighted by molar-refractivity contribution is -0.937. The number of morpholine rings is 1. The van der Waals surface area contributed by atoms with Crippen molar-refractivity contribution in [1.82, 2.24) is 5.32 Å². The summed E-state index contributed by atoms with van der Waals surface area (Å²) < 4.78 is 10.8. The molecular weight excluding hydrogens is 354 g/mol. The van der Waals surface area contributed by atoms with E-state index in [1.54, 1.807) is 19.2 Å². The molecule has 0 bridgehead atoms. The number of nitrogens with one attached hydrogen (secondary N) is 2. The Labute approximate surface area is 167 Å². The first kappa shape index (κ1) is 20.2. The van der Waals surface area contributed by atoms with Gasteiger partial charge in [0.15, 0.2) is 0 Å². The maximum absolute atomic E-state index is 12.7. The van der Waals surface area contributed by atoms with E-state index in [4.69, 9.17) is 9.47 Å². The van der Waals surface area contributed by atoms with Crippen molar-refractivity contribution in [2.24, 2.45) is 0 Å². The van der Waals surface area contributed by atoms with Crippen molar-refractivity contribution in [2.75, 3.05) is 59.0 Å². The largest absolute Gasteiger partial charge is 0.497 e. The fourth-order valence-corrected chi connectivity index (χ4v) is 3.55. The molecule has 0 aromatic heterocycles. The Kier molecular flexibility index (Phi) is 6.90. The number of ether oxygens (including phenoxy) is 2. The minimum atomic E-state index is -0.0820. The van der Waals surface area contributed by atoms with Crippen molar-refractivity contribution in [3.05, 3.63) is 59.7 Å². The van der Waals surface area contributed by atoms with Crippen LogP contribution in [0.25, 0.3) is 0 Å². The number of amides is 1. The molecule has 1 fully saturated rings. The van der Waals surface area contributed by atoms with Crippen LogP contribution >= 0.6 is 0 Å². The highest BCUT2D eigenvalue weighted by Gasteiger charge is 2.27. The van der Waals surface area contributed by atoms with E-state index < -0.39 is 0 Å². The Balaban J connectivity index is 1.74. The summed E-state index contributed by atoms with van der Waals surface area (Å²) in [6.45, 7) is 3.97. The zero-order valence-corrected chi connectivity index (χ0v) is 16.9. The SMILES string of the molecule is COc1cccc(C(=O)NC[C@@H](c2ccc(N(C)C)cc2)[NH+]2CCOCC2)c1. The summed E-state index contributed by atoms with van der Waals surface area (Å²) >= 11 is 0. The van der Waals surface area contributed by atoms with Crippen LogP contribution in [0.5, 0.6) is 5.75 Å². The molecule has 0 saturated carbocycles. The van der Waals surface area contributed by atoms with E-state index in [9.17, 15) is 4.79 Å². The van der Waals surface area contributed by atoms with Gasteiger partial charge in [0.1, 0.15) is 24.9 Å². The number of anilines is 1. The van der Waals surface area contributed by atoms with Gasteiger partial charge in [-0.15, -0.1) is 0 Å². The zero-order chi connectivity index (χ0) is 19.9. The van der Waals surface area contributed by atoms with Crippen LogP contribution in [0.15, 0.2) is 48.5 Å². The molecule has 1 saturated heterocycles. The topological polar surface area (TPSA) is 55.2 Å². The molecule has 2 N–H and O–H groups in total. The second-order valence-electron chi connectivity index (χ2n) is 7.25. The van der Waals surface area contributed by atoms with Gasteiger partial charge in [-0.25, -0.2) is 0 Å². The maximum atomic E-state index is 12.7. The molecule has 0 aliphatic carbocycles. The second-order valence-corrected chi connectivity index (χ2v) is 7.25. The van der Waals surface area contributed by atoms with Crippen molar-refractivity contribution in [3.8, 4) is 5.75 Å². The standard InChI is InChI=1S/C22H29N3O3/c1-24(2)19-9-7-17(8-10-19)21(25-11-13-28-14-12-25)16-23-22(26)18-5-4-6-20(15-18)27-3/h4-10,15,21H,11-14,16H2,1-3H3,(H,23,26)/p+1/t21-/m0/s1. The first-order chi connectivity index (χ1) is 13.6. The minimum Gasteiger partial charge on any atom is -0.497 e. The van der Waals surface area contributed by atoms with Crippen LogP contribution < -0.4 is 19.9 Å². The summed E-state index contributed by atoms with van der Waals surface area (Å²) in [5.41, 5.74) is 3.01. The van der Waals surface area contributed by atoms with Crippen molar-refractivity contribution in [1.29, 1.82) is 0 Å². The molecule has 3 rings (SSSR count). The molecule has 0 radical (unpaired) electrons. The number of rotatable bonds is 7. The number of methoxy groups -OCH3 is 1. The molecule has 2 aromatic carbocycles. The van der Waals surface area contributed by atoms with E-state index in [-0.39, 0.29) is 11.9 Å². The molecule has 2 aromatic rings. The maximum Gasteiger partial charge on any atom is 0.251 e. The number of quaternary nitrogens is 1. The molecule has 1 atom stereocenters. The summed E-state index contributed by atoms with van der Waals surface area (Å²) in [7, 11) is 5.67. The summed E-state index contributed by atoms with van der Waals surface area (Å²) in [5, 5.41) is 3.12. The molecule has 28 heavy (non-hydrogen) atoms. The Hall–Kier alpha value is -2.57. The highest BCUT2D eigenvalue weighted by Crippen LogP contribution is 2.17. The molecule has 0 unspecified atom stereocenters. The average molecular weight is 385 g/mol. The fourth-order valence-electron chi connectivity index (χ4n) is 3.55. The van der Waals surface area contributed by atoms with E-state index in [0.29, 0.717) is 17.9 Å². The van der Waals surface area contributed by atoms with E-state index in [1.807, 2.05) is 26.2 Å². The fraction of sp³-hybridized carbons (Fsp3) is 0.409. The number of hydrogen-bond donors (Lipinski definition) is 2. The van der Waals surface area contributed by atoms with Gasteiger partial charge < -0.3 is 24.6 Å². The quantitative estimate of drug-likeness (QED) is 0.752. The normalized spacial score (nSPS) is 15.7. The highest BCUT2D eigenvalue weighted by atomic mass is 16.5. The van der Waals surface area contributed by atoms with Gasteiger partial charge in [-0.1, -0.05) is 18.2 Å². The van der Waals surface area contributed by atoms with Crippen molar-refractivity contribution in [2.45, 2.75) is 6.04 Å². The van der Waals surface area contributed by atoms with Gasteiger partial charge in [-0.3, -0.25) is 4.79 Å². The predicted octanol–water partition coefficient (Wildman–Crippen LogP) is 1.15. The Bertz CT molecular complexity index is 771. The van der Waals surface area contributed by atoms with Crippen LogP contribution in [0.1, 0.15) is 22.0 Å². The third kappa shape index (κ3) is 5.03. The summed E-state index contributed by atoms with van der Waals surface area (Å²) in [6, 6.07) is 16.0. The van der Waals surface area contributed by atoms with Crippen LogP contribution in [0.2, 0.25) is 0 Å². The first-order valence-corrected chi connectivity index (χ1v) is 9.70. The molecule has 1 heterocycles.